The maximum absolute atomic E-state index is 11.8. The maximum Gasteiger partial charge on any atom is 0.262 e. The van der Waals surface area contributed by atoms with Gasteiger partial charge in [-0.15, -0.1) is 0 Å². The summed E-state index contributed by atoms with van der Waals surface area (Å²) in [4.78, 5) is 23.1. The van der Waals surface area contributed by atoms with Crippen molar-refractivity contribution in [2.75, 3.05) is 11.9 Å². The summed E-state index contributed by atoms with van der Waals surface area (Å²) in [5.74, 6) is 0.0296. The van der Waals surface area contributed by atoms with Gasteiger partial charge in [-0.3, -0.25) is 9.59 Å². The van der Waals surface area contributed by atoms with Crippen LogP contribution in [0.2, 0.25) is 10.0 Å². The summed E-state index contributed by atoms with van der Waals surface area (Å²) in [6, 6.07) is 11.4. The first-order valence-corrected chi connectivity index (χ1v) is 7.19. The van der Waals surface area contributed by atoms with Crippen molar-refractivity contribution in [1.29, 1.82) is 0 Å². The number of ketones is 1. The number of halogens is 2. The Morgan fingerprint density at radius 3 is 2.41 bits per heavy atom. The lowest BCUT2D eigenvalue weighted by Gasteiger charge is -2.09. The van der Waals surface area contributed by atoms with Gasteiger partial charge in [-0.25, -0.2) is 0 Å². The molecule has 2 aromatic carbocycles. The number of ether oxygens (including phenoxy) is 1. The molecule has 0 fully saturated rings. The first-order valence-electron chi connectivity index (χ1n) is 6.44. The van der Waals surface area contributed by atoms with E-state index in [-0.39, 0.29) is 18.3 Å². The molecule has 0 aliphatic rings. The zero-order chi connectivity index (χ0) is 16.1. The van der Waals surface area contributed by atoms with Crippen molar-refractivity contribution >= 4 is 40.6 Å². The average molecular weight is 338 g/mol. The van der Waals surface area contributed by atoms with E-state index in [1.165, 1.54) is 6.92 Å². The number of amides is 1. The molecule has 1 amide bonds. The lowest BCUT2D eigenvalue weighted by Crippen LogP contribution is -2.20. The van der Waals surface area contributed by atoms with Gasteiger partial charge in [0.2, 0.25) is 0 Å². The molecule has 0 aromatic heterocycles. The number of carbonyl (C=O) groups excluding carboxylic acids is 2. The van der Waals surface area contributed by atoms with Gasteiger partial charge in [-0.1, -0.05) is 35.3 Å². The Morgan fingerprint density at radius 2 is 1.77 bits per heavy atom. The lowest BCUT2D eigenvalue weighted by molar-refractivity contribution is -0.118. The largest absolute Gasteiger partial charge is 0.484 e. The number of Topliss-reactive ketones (excluding diaryl/α,β-unsaturated/α-hetero) is 1. The summed E-state index contributed by atoms with van der Waals surface area (Å²) in [5.41, 5.74) is 1.02. The van der Waals surface area contributed by atoms with Crippen molar-refractivity contribution in [1.82, 2.24) is 0 Å². The number of hydrogen-bond donors (Lipinski definition) is 1. The van der Waals surface area contributed by atoms with Crippen LogP contribution in [0.3, 0.4) is 0 Å². The normalized spacial score (nSPS) is 10.1. The summed E-state index contributed by atoms with van der Waals surface area (Å²) in [7, 11) is 0. The predicted octanol–water partition coefficient (Wildman–Crippen LogP) is 4.21. The third kappa shape index (κ3) is 4.76. The van der Waals surface area contributed by atoms with E-state index in [0.29, 0.717) is 27.0 Å². The van der Waals surface area contributed by atoms with E-state index in [0.717, 1.165) is 0 Å². The van der Waals surface area contributed by atoms with Gasteiger partial charge in [-0.2, -0.15) is 0 Å². The standard InChI is InChI=1S/C16H13Cl2NO3/c1-10(20)11-3-2-4-15(5-11)22-9-16(21)19-14-7-12(17)6-13(18)8-14/h2-8H,9H2,1H3,(H,19,21). The SMILES string of the molecule is CC(=O)c1cccc(OCC(=O)Nc2cc(Cl)cc(Cl)c2)c1. The van der Waals surface area contributed by atoms with Crippen molar-refractivity contribution in [2.24, 2.45) is 0 Å². The number of anilines is 1. The van der Waals surface area contributed by atoms with Gasteiger partial charge in [0.15, 0.2) is 12.4 Å². The van der Waals surface area contributed by atoms with Crippen LogP contribution in [-0.2, 0) is 4.79 Å². The Hall–Kier alpha value is -2.04. The highest BCUT2D eigenvalue weighted by molar-refractivity contribution is 6.35. The second-order valence-corrected chi connectivity index (χ2v) is 5.45. The van der Waals surface area contributed by atoms with Crippen LogP contribution in [0.15, 0.2) is 42.5 Å². The van der Waals surface area contributed by atoms with Crippen molar-refractivity contribution in [3.05, 3.63) is 58.1 Å². The molecule has 2 aromatic rings. The molecule has 0 spiro atoms. The molecule has 0 saturated heterocycles. The lowest BCUT2D eigenvalue weighted by atomic mass is 10.1. The summed E-state index contributed by atoms with van der Waals surface area (Å²) >= 11 is 11.7. The number of benzene rings is 2. The monoisotopic (exact) mass is 337 g/mol. The maximum atomic E-state index is 11.8. The van der Waals surface area contributed by atoms with Crippen LogP contribution in [-0.4, -0.2) is 18.3 Å². The smallest absolute Gasteiger partial charge is 0.262 e. The van der Waals surface area contributed by atoms with Gasteiger partial charge in [0.05, 0.1) is 0 Å². The van der Waals surface area contributed by atoms with E-state index >= 15 is 0 Å². The minimum Gasteiger partial charge on any atom is -0.484 e. The van der Waals surface area contributed by atoms with Crippen molar-refractivity contribution in [2.45, 2.75) is 6.92 Å². The molecule has 22 heavy (non-hydrogen) atoms. The second kappa shape index (κ2) is 7.29. The van der Waals surface area contributed by atoms with E-state index in [4.69, 9.17) is 27.9 Å². The number of nitrogens with one attached hydrogen (secondary N) is 1. The molecule has 0 bridgehead atoms. The van der Waals surface area contributed by atoms with Crippen LogP contribution in [0.4, 0.5) is 5.69 Å². The molecule has 6 heteroatoms. The van der Waals surface area contributed by atoms with Crippen LogP contribution in [0.5, 0.6) is 5.75 Å². The summed E-state index contributed by atoms with van der Waals surface area (Å²) in [6.45, 7) is 1.28. The molecule has 0 unspecified atom stereocenters. The topological polar surface area (TPSA) is 55.4 Å². The Kier molecular flexibility index (Phi) is 5.41. The molecule has 0 radical (unpaired) electrons. The fraction of sp³-hybridized carbons (Fsp3) is 0.125. The first kappa shape index (κ1) is 16.3. The third-order valence-electron chi connectivity index (χ3n) is 2.76. The van der Waals surface area contributed by atoms with E-state index < -0.39 is 0 Å². The van der Waals surface area contributed by atoms with Crippen LogP contribution in [0, 0.1) is 0 Å². The first-order chi connectivity index (χ1) is 10.4. The molecular weight excluding hydrogens is 325 g/mol. The van der Waals surface area contributed by atoms with Crippen LogP contribution >= 0.6 is 23.2 Å². The van der Waals surface area contributed by atoms with Gasteiger partial charge in [0.1, 0.15) is 5.75 Å². The van der Waals surface area contributed by atoms with Crippen molar-refractivity contribution < 1.29 is 14.3 Å². The molecule has 4 nitrogen and oxygen atoms in total. The van der Waals surface area contributed by atoms with E-state index in [1.54, 1.807) is 42.5 Å². The molecule has 114 valence electrons. The zero-order valence-electron chi connectivity index (χ0n) is 11.7. The highest BCUT2D eigenvalue weighted by Crippen LogP contribution is 2.22. The Morgan fingerprint density at radius 1 is 1.09 bits per heavy atom. The predicted molar refractivity (Wildman–Crippen MR) is 87.0 cm³/mol. The Labute approximate surface area is 138 Å². The molecular formula is C16H13Cl2NO3. The van der Waals surface area contributed by atoms with Gasteiger partial charge in [0.25, 0.3) is 5.91 Å². The zero-order valence-corrected chi connectivity index (χ0v) is 13.2. The Balaban J connectivity index is 1.95. The summed E-state index contributed by atoms with van der Waals surface area (Å²) < 4.78 is 5.36. The molecule has 0 aliphatic carbocycles. The van der Waals surface area contributed by atoms with Crippen LogP contribution in [0.1, 0.15) is 17.3 Å². The van der Waals surface area contributed by atoms with Crippen LogP contribution < -0.4 is 10.1 Å². The van der Waals surface area contributed by atoms with Crippen molar-refractivity contribution in [3.63, 3.8) is 0 Å². The second-order valence-electron chi connectivity index (χ2n) is 4.58. The van der Waals surface area contributed by atoms with Gasteiger partial charge in [-0.05, 0) is 37.3 Å². The van der Waals surface area contributed by atoms with E-state index in [1.807, 2.05) is 0 Å². The molecule has 0 atom stereocenters. The van der Waals surface area contributed by atoms with E-state index in [2.05, 4.69) is 5.32 Å². The van der Waals surface area contributed by atoms with E-state index in [9.17, 15) is 9.59 Å². The summed E-state index contributed by atoms with van der Waals surface area (Å²) in [6.07, 6.45) is 0. The highest BCUT2D eigenvalue weighted by Gasteiger charge is 2.07. The van der Waals surface area contributed by atoms with Gasteiger partial charge >= 0.3 is 0 Å². The fourth-order valence-electron chi connectivity index (χ4n) is 1.78. The highest BCUT2D eigenvalue weighted by atomic mass is 35.5. The minimum atomic E-state index is -0.355. The molecule has 0 saturated carbocycles. The minimum absolute atomic E-state index is 0.0662. The fourth-order valence-corrected chi connectivity index (χ4v) is 2.30. The summed E-state index contributed by atoms with van der Waals surface area (Å²) in [5, 5.41) is 3.49. The van der Waals surface area contributed by atoms with Gasteiger partial charge < -0.3 is 10.1 Å². The molecule has 0 aliphatic heterocycles. The number of carbonyl (C=O) groups is 2. The molecule has 1 N–H and O–H groups in total. The quantitative estimate of drug-likeness (QED) is 0.831. The average Bonchev–Trinajstić information content (AvgIpc) is 2.44. The van der Waals surface area contributed by atoms with Crippen LogP contribution in [0.25, 0.3) is 0 Å². The number of rotatable bonds is 5. The Bertz CT molecular complexity index is 696. The van der Waals surface area contributed by atoms with Gasteiger partial charge in [0, 0.05) is 21.3 Å². The molecule has 2 rings (SSSR count). The number of hydrogen-bond acceptors (Lipinski definition) is 3. The third-order valence-corrected chi connectivity index (χ3v) is 3.19. The molecule has 0 heterocycles. The van der Waals surface area contributed by atoms with Crippen molar-refractivity contribution in [3.8, 4) is 5.75 Å².